The Morgan fingerprint density at radius 3 is 3.04 bits per heavy atom. The third-order valence-corrected chi connectivity index (χ3v) is 5.71. The Morgan fingerprint density at radius 2 is 2.15 bits per heavy atom. The molecule has 134 valence electrons. The normalized spacial score (nSPS) is 18.7. The molecule has 1 fully saturated rings. The van der Waals surface area contributed by atoms with E-state index < -0.39 is 0 Å². The number of nitrogens with zero attached hydrogens (tertiary/aromatic N) is 4. The molecule has 1 saturated heterocycles. The first-order valence-corrected chi connectivity index (χ1v) is 9.30. The van der Waals surface area contributed by atoms with E-state index in [1.807, 2.05) is 41.6 Å². The van der Waals surface area contributed by atoms with E-state index in [1.54, 1.807) is 4.90 Å². The Hall–Kier alpha value is -3.33. The topological polar surface area (TPSA) is 76.0 Å². The number of aromatic amines is 1. The van der Waals surface area contributed by atoms with Crippen LogP contribution in [-0.2, 0) is 11.2 Å². The Bertz CT molecular complexity index is 1080. The average molecular weight is 357 g/mol. The molecule has 5 rings (SSSR count). The fraction of sp³-hybridized carbons (Fsp3) is 0.286. The van der Waals surface area contributed by atoms with Crippen molar-refractivity contribution in [2.75, 3.05) is 18.0 Å². The number of benzene rings is 1. The Balaban J connectivity index is 1.56. The van der Waals surface area contributed by atoms with Crippen molar-refractivity contribution in [2.24, 2.45) is 0 Å². The predicted molar refractivity (Wildman–Crippen MR) is 103 cm³/mol. The van der Waals surface area contributed by atoms with Gasteiger partial charge in [-0.1, -0.05) is 12.1 Å². The monoisotopic (exact) mass is 357 g/mol. The molecule has 4 heterocycles. The molecule has 0 unspecified atom stereocenters. The van der Waals surface area contributed by atoms with Crippen molar-refractivity contribution >= 4 is 22.6 Å². The number of nitriles is 1. The van der Waals surface area contributed by atoms with Gasteiger partial charge in [0.1, 0.15) is 11.7 Å². The van der Waals surface area contributed by atoms with Crippen LogP contribution in [0.3, 0.4) is 0 Å². The molecular formula is C21H19N5O. The van der Waals surface area contributed by atoms with Gasteiger partial charge in [-0.3, -0.25) is 9.69 Å². The van der Waals surface area contributed by atoms with Crippen LogP contribution in [0.4, 0.5) is 5.69 Å². The minimum Gasteiger partial charge on any atom is -0.346 e. The standard InChI is InChI=1S/C21H19N5O/c22-13-25-11-2-5-19(25)21(27)26-12-8-16-14(3-1-4-18(16)26)15-6-9-23-20-17(15)7-10-24-20/h1,3-4,6-7,9-10,19H,2,5,8,11-12H2,(H,23,24)/t19-/m0/s1. The Morgan fingerprint density at radius 1 is 1.22 bits per heavy atom. The summed E-state index contributed by atoms with van der Waals surface area (Å²) in [4.78, 5) is 24.1. The van der Waals surface area contributed by atoms with Crippen molar-refractivity contribution in [1.29, 1.82) is 5.26 Å². The molecule has 2 aliphatic rings. The summed E-state index contributed by atoms with van der Waals surface area (Å²) in [5.74, 6) is 0.0477. The zero-order valence-electron chi connectivity index (χ0n) is 14.9. The van der Waals surface area contributed by atoms with Crippen LogP contribution >= 0.6 is 0 Å². The quantitative estimate of drug-likeness (QED) is 0.715. The van der Waals surface area contributed by atoms with Crippen LogP contribution in [0.25, 0.3) is 22.2 Å². The number of hydrogen-bond donors (Lipinski definition) is 1. The van der Waals surface area contributed by atoms with Gasteiger partial charge >= 0.3 is 0 Å². The number of carbonyl (C=O) groups excluding carboxylic acids is 1. The van der Waals surface area contributed by atoms with Crippen LogP contribution in [0, 0.1) is 11.5 Å². The number of amides is 1. The molecule has 0 aliphatic carbocycles. The average Bonchev–Trinajstić information content (AvgIpc) is 3.45. The van der Waals surface area contributed by atoms with Gasteiger partial charge in [0.05, 0.1) is 0 Å². The molecule has 1 aromatic carbocycles. The molecule has 0 bridgehead atoms. The summed E-state index contributed by atoms with van der Waals surface area (Å²) in [6.45, 7) is 1.35. The van der Waals surface area contributed by atoms with Crippen molar-refractivity contribution in [3.63, 3.8) is 0 Å². The SMILES string of the molecule is N#CN1CCC[C@H]1C(=O)N1CCc2c(-c3ccnc4[nH]ccc34)cccc21. The molecule has 1 N–H and O–H groups in total. The zero-order chi connectivity index (χ0) is 18.4. The number of H-pyrrole nitrogens is 1. The lowest BCUT2D eigenvalue weighted by atomic mass is 9.96. The van der Waals surface area contributed by atoms with Crippen molar-refractivity contribution in [1.82, 2.24) is 14.9 Å². The van der Waals surface area contributed by atoms with Crippen LogP contribution in [0.5, 0.6) is 0 Å². The Kier molecular flexibility index (Phi) is 3.61. The predicted octanol–water partition coefficient (Wildman–Crippen LogP) is 3.06. The van der Waals surface area contributed by atoms with Crippen LogP contribution in [0.1, 0.15) is 18.4 Å². The zero-order valence-corrected chi connectivity index (χ0v) is 14.9. The van der Waals surface area contributed by atoms with Crippen molar-refractivity contribution in [3.8, 4) is 17.3 Å². The van der Waals surface area contributed by atoms with Gasteiger partial charge in [0.2, 0.25) is 5.91 Å². The second-order valence-corrected chi connectivity index (χ2v) is 7.09. The van der Waals surface area contributed by atoms with Gasteiger partial charge in [-0.2, -0.15) is 5.26 Å². The van der Waals surface area contributed by atoms with Gasteiger partial charge in [-0.05, 0) is 54.2 Å². The Labute approximate surface area is 157 Å². The number of fused-ring (bicyclic) bond motifs is 2. The first kappa shape index (κ1) is 15.9. The van der Waals surface area contributed by atoms with E-state index in [-0.39, 0.29) is 11.9 Å². The molecular weight excluding hydrogens is 338 g/mol. The molecule has 0 spiro atoms. The number of hydrogen-bond acceptors (Lipinski definition) is 4. The molecule has 2 aromatic heterocycles. The minimum absolute atomic E-state index is 0.0477. The van der Waals surface area contributed by atoms with E-state index in [0.717, 1.165) is 47.1 Å². The van der Waals surface area contributed by atoms with Crippen LogP contribution in [0.15, 0.2) is 42.7 Å². The van der Waals surface area contributed by atoms with Gasteiger partial charge < -0.3 is 9.88 Å². The van der Waals surface area contributed by atoms with Crippen molar-refractivity contribution in [2.45, 2.75) is 25.3 Å². The number of rotatable bonds is 2. The maximum Gasteiger partial charge on any atom is 0.250 e. The smallest absolute Gasteiger partial charge is 0.250 e. The maximum absolute atomic E-state index is 13.1. The fourth-order valence-electron chi connectivity index (χ4n) is 4.43. The van der Waals surface area contributed by atoms with Gasteiger partial charge in [-0.25, -0.2) is 4.98 Å². The summed E-state index contributed by atoms with van der Waals surface area (Å²) >= 11 is 0. The summed E-state index contributed by atoms with van der Waals surface area (Å²) < 4.78 is 0. The van der Waals surface area contributed by atoms with E-state index in [2.05, 4.69) is 22.2 Å². The first-order valence-electron chi connectivity index (χ1n) is 9.30. The molecule has 2 aliphatic heterocycles. The molecule has 6 nitrogen and oxygen atoms in total. The lowest BCUT2D eigenvalue weighted by molar-refractivity contribution is -0.121. The van der Waals surface area contributed by atoms with Gasteiger partial charge in [0.15, 0.2) is 6.19 Å². The third-order valence-electron chi connectivity index (χ3n) is 5.71. The van der Waals surface area contributed by atoms with Crippen LogP contribution < -0.4 is 4.90 Å². The van der Waals surface area contributed by atoms with E-state index >= 15 is 0 Å². The van der Waals surface area contributed by atoms with Crippen molar-refractivity contribution < 1.29 is 4.79 Å². The van der Waals surface area contributed by atoms with Crippen LogP contribution in [0.2, 0.25) is 0 Å². The highest BCUT2D eigenvalue weighted by molar-refractivity contribution is 6.02. The molecule has 1 amide bonds. The van der Waals surface area contributed by atoms with Gasteiger partial charge in [0.25, 0.3) is 0 Å². The number of nitrogens with one attached hydrogen (secondary N) is 1. The summed E-state index contributed by atoms with van der Waals surface area (Å²) in [5, 5.41) is 10.4. The highest BCUT2D eigenvalue weighted by atomic mass is 16.2. The molecule has 3 aromatic rings. The van der Waals surface area contributed by atoms with Crippen LogP contribution in [-0.4, -0.2) is 39.9 Å². The highest BCUT2D eigenvalue weighted by Crippen LogP contribution is 2.39. The second kappa shape index (κ2) is 6.13. The minimum atomic E-state index is -0.318. The maximum atomic E-state index is 13.1. The molecule has 0 saturated carbocycles. The number of anilines is 1. The molecule has 1 atom stereocenters. The molecule has 27 heavy (non-hydrogen) atoms. The fourth-order valence-corrected chi connectivity index (χ4v) is 4.43. The van der Waals surface area contributed by atoms with E-state index in [1.165, 1.54) is 5.56 Å². The number of likely N-dealkylation sites (tertiary alicyclic amines) is 1. The van der Waals surface area contributed by atoms with E-state index in [4.69, 9.17) is 0 Å². The van der Waals surface area contributed by atoms with Gasteiger partial charge in [-0.15, -0.1) is 0 Å². The number of carbonyl (C=O) groups is 1. The lowest BCUT2D eigenvalue weighted by Gasteiger charge is -2.25. The highest BCUT2D eigenvalue weighted by Gasteiger charge is 2.36. The summed E-state index contributed by atoms with van der Waals surface area (Å²) in [6.07, 6.45) is 8.36. The first-order chi connectivity index (χ1) is 13.3. The summed E-state index contributed by atoms with van der Waals surface area (Å²) in [6, 6.07) is 9.90. The van der Waals surface area contributed by atoms with E-state index in [9.17, 15) is 10.1 Å². The molecule has 0 radical (unpaired) electrons. The van der Waals surface area contributed by atoms with Gasteiger partial charge in [0, 0.05) is 36.6 Å². The van der Waals surface area contributed by atoms with E-state index in [0.29, 0.717) is 13.1 Å². The lowest BCUT2D eigenvalue weighted by Crippen LogP contribution is -2.43. The largest absolute Gasteiger partial charge is 0.346 e. The number of pyridine rings is 1. The number of aromatic nitrogens is 2. The molecule has 6 heteroatoms. The summed E-state index contributed by atoms with van der Waals surface area (Å²) in [5.41, 5.74) is 5.32. The third kappa shape index (κ3) is 2.39. The van der Waals surface area contributed by atoms with Crippen molar-refractivity contribution in [3.05, 3.63) is 48.3 Å². The second-order valence-electron chi connectivity index (χ2n) is 7.09. The summed E-state index contributed by atoms with van der Waals surface area (Å²) in [7, 11) is 0.